The molecular formula is C15H13N3O3. The quantitative estimate of drug-likeness (QED) is 0.901. The summed E-state index contributed by atoms with van der Waals surface area (Å²) in [6, 6.07) is 13.9. The highest BCUT2D eigenvalue weighted by atomic mass is 16.6. The van der Waals surface area contributed by atoms with Gasteiger partial charge in [0.15, 0.2) is 0 Å². The second-order valence-corrected chi connectivity index (χ2v) is 4.56. The molecule has 1 saturated heterocycles. The van der Waals surface area contributed by atoms with Crippen LogP contribution in [-0.4, -0.2) is 23.1 Å². The maximum Gasteiger partial charge on any atom is 0.408 e. The van der Waals surface area contributed by atoms with Gasteiger partial charge in [0.2, 0.25) is 6.10 Å². The normalized spacial score (nSPS) is 20.5. The first kappa shape index (κ1) is 13.1. The third-order valence-electron chi connectivity index (χ3n) is 3.14. The molecule has 3 rings (SSSR count). The first-order chi connectivity index (χ1) is 10.2. The van der Waals surface area contributed by atoms with Crippen LogP contribution in [0.15, 0.2) is 54.7 Å². The number of alkyl carbamates (subject to hydrolysis) is 1. The van der Waals surface area contributed by atoms with Crippen molar-refractivity contribution in [1.82, 2.24) is 10.3 Å². The summed E-state index contributed by atoms with van der Waals surface area (Å²) in [4.78, 5) is 27.8. The third kappa shape index (κ3) is 2.84. The van der Waals surface area contributed by atoms with Gasteiger partial charge in [-0.1, -0.05) is 36.4 Å². The SMILES string of the molecule is O=C1NC(c2ccccc2)C(C(=O)Nc2ccccn2)O1. The smallest absolute Gasteiger partial charge is 0.408 e. The Hall–Kier alpha value is -2.89. The van der Waals surface area contributed by atoms with Crippen LogP contribution in [0.1, 0.15) is 11.6 Å². The van der Waals surface area contributed by atoms with Gasteiger partial charge in [-0.15, -0.1) is 0 Å². The number of anilines is 1. The summed E-state index contributed by atoms with van der Waals surface area (Å²) in [5.41, 5.74) is 0.810. The Morgan fingerprint density at radius 1 is 1.14 bits per heavy atom. The monoisotopic (exact) mass is 283 g/mol. The highest BCUT2D eigenvalue weighted by molar-refractivity contribution is 5.96. The molecule has 6 heteroatoms. The van der Waals surface area contributed by atoms with Crippen LogP contribution in [0.5, 0.6) is 0 Å². The minimum absolute atomic E-state index is 0.414. The number of amides is 2. The van der Waals surface area contributed by atoms with Crippen LogP contribution in [0.4, 0.5) is 10.6 Å². The molecule has 0 bridgehead atoms. The number of carbonyl (C=O) groups excluding carboxylic acids is 2. The number of rotatable bonds is 3. The molecule has 2 unspecified atom stereocenters. The van der Waals surface area contributed by atoms with Crippen molar-refractivity contribution in [1.29, 1.82) is 0 Å². The van der Waals surface area contributed by atoms with E-state index in [1.807, 2.05) is 30.3 Å². The average molecular weight is 283 g/mol. The van der Waals surface area contributed by atoms with Crippen molar-refractivity contribution in [2.75, 3.05) is 5.32 Å². The highest BCUT2D eigenvalue weighted by Gasteiger charge is 2.40. The van der Waals surface area contributed by atoms with E-state index >= 15 is 0 Å². The van der Waals surface area contributed by atoms with Crippen LogP contribution >= 0.6 is 0 Å². The number of aromatic nitrogens is 1. The Labute approximate surface area is 121 Å². The number of hydrogen-bond donors (Lipinski definition) is 2. The van der Waals surface area contributed by atoms with E-state index in [1.165, 1.54) is 0 Å². The fourth-order valence-corrected chi connectivity index (χ4v) is 2.18. The van der Waals surface area contributed by atoms with Gasteiger partial charge in [-0.2, -0.15) is 0 Å². The minimum Gasteiger partial charge on any atom is -0.433 e. The van der Waals surface area contributed by atoms with E-state index in [0.29, 0.717) is 5.82 Å². The number of pyridine rings is 1. The van der Waals surface area contributed by atoms with Crippen molar-refractivity contribution >= 4 is 17.8 Å². The molecular weight excluding hydrogens is 270 g/mol. The molecule has 2 atom stereocenters. The van der Waals surface area contributed by atoms with E-state index in [2.05, 4.69) is 15.6 Å². The Morgan fingerprint density at radius 3 is 2.62 bits per heavy atom. The van der Waals surface area contributed by atoms with Crippen LogP contribution in [0.3, 0.4) is 0 Å². The molecule has 1 aliphatic rings. The minimum atomic E-state index is -0.929. The van der Waals surface area contributed by atoms with Crippen LogP contribution < -0.4 is 10.6 Å². The molecule has 2 aromatic rings. The van der Waals surface area contributed by atoms with Gasteiger partial charge in [0, 0.05) is 6.20 Å². The molecule has 106 valence electrons. The van der Waals surface area contributed by atoms with E-state index in [1.54, 1.807) is 24.4 Å². The van der Waals surface area contributed by atoms with Gasteiger partial charge < -0.3 is 15.4 Å². The lowest BCUT2D eigenvalue weighted by molar-refractivity contribution is -0.123. The van der Waals surface area contributed by atoms with E-state index in [4.69, 9.17) is 4.74 Å². The molecule has 6 nitrogen and oxygen atoms in total. The largest absolute Gasteiger partial charge is 0.433 e. The summed E-state index contributed by atoms with van der Waals surface area (Å²) in [7, 11) is 0. The number of carbonyl (C=O) groups is 2. The van der Waals surface area contributed by atoms with Gasteiger partial charge in [-0.3, -0.25) is 4.79 Å². The first-order valence-corrected chi connectivity index (χ1v) is 6.48. The summed E-state index contributed by atoms with van der Waals surface area (Å²) in [6.07, 6.45) is 0.0374. The van der Waals surface area contributed by atoms with Crippen molar-refractivity contribution in [3.8, 4) is 0 Å². The molecule has 2 N–H and O–H groups in total. The fraction of sp³-hybridized carbons (Fsp3) is 0.133. The Bertz CT molecular complexity index is 646. The maximum atomic E-state index is 12.3. The van der Waals surface area contributed by atoms with Gasteiger partial charge >= 0.3 is 6.09 Å². The lowest BCUT2D eigenvalue weighted by Gasteiger charge is -2.16. The Morgan fingerprint density at radius 2 is 1.90 bits per heavy atom. The topological polar surface area (TPSA) is 80.3 Å². The summed E-state index contributed by atoms with van der Waals surface area (Å²) >= 11 is 0. The first-order valence-electron chi connectivity index (χ1n) is 6.48. The number of hydrogen-bond acceptors (Lipinski definition) is 4. The van der Waals surface area contributed by atoms with Crippen molar-refractivity contribution < 1.29 is 14.3 Å². The van der Waals surface area contributed by atoms with Crippen molar-refractivity contribution in [2.24, 2.45) is 0 Å². The zero-order chi connectivity index (χ0) is 14.7. The molecule has 1 aromatic heterocycles. The Kier molecular flexibility index (Phi) is 3.51. The van der Waals surface area contributed by atoms with Crippen LogP contribution in [0.2, 0.25) is 0 Å². The summed E-state index contributed by atoms with van der Waals surface area (Å²) in [5.74, 6) is -0.00170. The van der Waals surface area contributed by atoms with Gasteiger partial charge in [0.25, 0.3) is 5.91 Å². The molecule has 0 spiro atoms. The number of benzene rings is 1. The predicted octanol–water partition coefficient (Wildman–Crippen LogP) is 1.87. The second-order valence-electron chi connectivity index (χ2n) is 4.56. The fourth-order valence-electron chi connectivity index (χ4n) is 2.18. The van der Waals surface area contributed by atoms with Gasteiger partial charge in [0.1, 0.15) is 11.9 Å². The van der Waals surface area contributed by atoms with Crippen molar-refractivity contribution in [3.05, 3.63) is 60.3 Å². The molecule has 1 fully saturated rings. The molecule has 0 radical (unpaired) electrons. The Balaban J connectivity index is 1.79. The lowest BCUT2D eigenvalue weighted by Crippen LogP contribution is -2.34. The number of nitrogens with zero attached hydrogens (tertiary/aromatic N) is 1. The molecule has 2 amide bonds. The lowest BCUT2D eigenvalue weighted by atomic mass is 10.0. The van der Waals surface area contributed by atoms with E-state index < -0.39 is 24.1 Å². The predicted molar refractivity (Wildman–Crippen MR) is 75.5 cm³/mol. The molecule has 21 heavy (non-hydrogen) atoms. The average Bonchev–Trinajstić information content (AvgIpc) is 2.91. The third-order valence-corrected chi connectivity index (χ3v) is 3.14. The van der Waals surface area contributed by atoms with Gasteiger partial charge in [-0.05, 0) is 17.7 Å². The molecule has 0 saturated carbocycles. The van der Waals surface area contributed by atoms with E-state index in [9.17, 15) is 9.59 Å². The number of nitrogens with one attached hydrogen (secondary N) is 2. The van der Waals surface area contributed by atoms with Crippen LogP contribution in [-0.2, 0) is 9.53 Å². The standard InChI is InChI=1S/C15H13N3O3/c19-14(17-11-8-4-5-9-16-11)13-12(18-15(20)21-13)10-6-2-1-3-7-10/h1-9,12-13H,(H,18,20)(H,16,17,19). The molecule has 1 aliphatic heterocycles. The molecule has 1 aromatic carbocycles. The van der Waals surface area contributed by atoms with Gasteiger partial charge in [0.05, 0.1) is 0 Å². The van der Waals surface area contributed by atoms with Crippen molar-refractivity contribution in [3.63, 3.8) is 0 Å². The van der Waals surface area contributed by atoms with Crippen LogP contribution in [0, 0.1) is 0 Å². The summed E-state index contributed by atoms with van der Waals surface area (Å²) in [5, 5.41) is 5.28. The number of cyclic esters (lactones) is 1. The van der Waals surface area contributed by atoms with E-state index in [-0.39, 0.29) is 0 Å². The maximum absolute atomic E-state index is 12.3. The summed E-state index contributed by atoms with van der Waals surface area (Å²) in [6.45, 7) is 0. The van der Waals surface area contributed by atoms with E-state index in [0.717, 1.165) is 5.56 Å². The van der Waals surface area contributed by atoms with Crippen molar-refractivity contribution in [2.45, 2.75) is 12.1 Å². The number of ether oxygens (including phenoxy) is 1. The highest BCUT2D eigenvalue weighted by Crippen LogP contribution is 2.25. The zero-order valence-electron chi connectivity index (χ0n) is 11.0. The zero-order valence-corrected chi connectivity index (χ0v) is 11.0. The summed E-state index contributed by atoms with van der Waals surface area (Å²) < 4.78 is 5.07. The second kappa shape index (κ2) is 5.62. The van der Waals surface area contributed by atoms with Crippen LogP contribution in [0.25, 0.3) is 0 Å². The van der Waals surface area contributed by atoms with Gasteiger partial charge in [-0.25, -0.2) is 9.78 Å². The molecule has 2 heterocycles. The molecule has 0 aliphatic carbocycles.